The molecular formula is C23H27N3O3. The van der Waals surface area contributed by atoms with E-state index in [2.05, 4.69) is 4.98 Å². The van der Waals surface area contributed by atoms with E-state index in [9.17, 15) is 9.59 Å². The number of ether oxygens (including phenoxy) is 1. The first-order valence-corrected chi connectivity index (χ1v) is 10.2. The third kappa shape index (κ3) is 3.97. The van der Waals surface area contributed by atoms with Crippen LogP contribution in [0.2, 0.25) is 0 Å². The third-order valence-electron chi connectivity index (χ3n) is 5.89. The summed E-state index contributed by atoms with van der Waals surface area (Å²) in [5.41, 5.74) is 2.00. The van der Waals surface area contributed by atoms with Crippen molar-refractivity contribution in [1.29, 1.82) is 0 Å². The van der Waals surface area contributed by atoms with Crippen LogP contribution in [0.3, 0.4) is 0 Å². The van der Waals surface area contributed by atoms with Gasteiger partial charge in [0.1, 0.15) is 5.75 Å². The molecule has 1 aromatic heterocycles. The van der Waals surface area contributed by atoms with Crippen LogP contribution >= 0.6 is 0 Å². The Morgan fingerprint density at radius 1 is 1.24 bits per heavy atom. The summed E-state index contributed by atoms with van der Waals surface area (Å²) in [6.07, 6.45) is 5.86. The van der Waals surface area contributed by atoms with Gasteiger partial charge in [-0.3, -0.25) is 14.6 Å². The molecule has 1 aliphatic carbocycles. The second-order valence-corrected chi connectivity index (χ2v) is 7.77. The van der Waals surface area contributed by atoms with Crippen molar-refractivity contribution in [2.45, 2.75) is 44.8 Å². The first-order chi connectivity index (χ1) is 14.1. The quantitative estimate of drug-likeness (QED) is 0.725. The highest BCUT2D eigenvalue weighted by atomic mass is 16.5. The van der Waals surface area contributed by atoms with E-state index in [-0.39, 0.29) is 36.2 Å². The lowest BCUT2D eigenvalue weighted by molar-refractivity contribution is -0.137. The summed E-state index contributed by atoms with van der Waals surface area (Å²) in [6, 6.07) is 11.6. The van der Waals surface area contributed by atoms with E-state index >= 15 is 0 Å². The molecule has 6 nitrogen and oxygen atoms in total. The Kier molecular flexibility index (Phi) is 5.51. The second kappa shape index (κ2) is 8.23. The number of pyridine rings is 1. The topological polar surface area (TPSA) is 62.7 Å². The maximum atomic E-state index is 13.6. The summed E-state index contributed by atoms with van der Waals surface area (Å²) >= 11 is 0. The number of amides is 2. The largest absolute Gasteiger partial charge is 0.497 e. The van der Waals surface area contributed by atoms with Crippen molar-refractivity contribution in [3.63, 3.8) is 0 Å². The van der Waals surface area contributed by atoms with Gasteiger partial charge < -0.3 is 14.5 Å². The number of hydrogen-bond donors (Lipinski definition) is 0. The number of methoxy groups -OCH3 is 1. The van der Waals surface area contributed by atoms with E-state index in [1.54, 1.807) is 13.3 Å². The molecule has 2 aliphatic rings. The monoisotopic (exact) mass is 393 g/mol. The number of nitrogens with zero attached hydrogens (tertiary/aromatic N) is 3. The normalized spacial score (nSPS) is 21.3. The lowest BCUT2D eigenvalue weighted by Crippen LogP contribution is -2.40. The van der Waals surface area contributed by atoms with E-state index in [0.29, 0.717) is 13.1 Å². The van der Waals surface area contributed by atoms with Crippen LogP contribution in [0.15, 0.2) is 48.8 Å². The van der Waals surface area contributed by atoms with Crippen LogP contribution in [0.5, 0.6) is 5.75 Å². The smallest absolute Gasteiger partial charge is 0.229 e. The highest BCUT2D eigenvalue weighted by Gasteiger charge is 2.47. The van der Waals surface area contributed by atoms with Crippen molar-refractivity contribution in [3.05, 3.63) is 59.9 Å². The minimum atomic E-state index is -0.367. The molecule has 0 unspecified atom stereocenters. The first kappa shape index (κ1) is 19.4. The number of carbonyl (C=O) groups is 2. The Morgan fingerprint density at radius 2 is 2.00 bits per heavy atom. The number of benzene rings is 1. The van der Waals surface area contributed by atoms with E-state index < -0.39 is 0 Å². The summed E-state index contributed by atoms with van der Waals surface area (Å²) in [5.74, 6) is 0.513. The Morgan fingerprint density at radius 3 is 2.59 bits per heavy atom. The zero-order valence-corrected chi connectivity index (χ0v) is 17.0. The maximum absolute atomic E-state index is 13.6. The lowest BCUT2D eigenvalue weighted by atomic mass is 9.92. The van der Waals surface area contributed by atoms with Crippen LogP contribution in [-0.2, 0) is 16.1 Å². The molecule has 1 aromatic carbocycles. The van der Waals surface area contributed by atoms with Gasteiger partial charge in [0.15, 0.2) is 0 Å². The minimum absolute atomic E-state index is 0.0452. The molecule has 152 valence electrons. The fourth-order valence-corrected chi connectivity index (χ4v) is 4.27. The van der Waals surface area contributed by atoms with Crippen molar-refractivity contribution < 1.29 is 14.3 Å². The van der Waals surface area contributed by atoms with Gasteiger partial charge in [0.25, 0.3) is 0 Å². The minimum Gasteiger partial charge on any atom is -0.497 e. The van der Waals surface area contributed by atoms with Crippen LogP contribution in [-0.4, -0.2) is 46.3 Å². The average molecular weight is 393 g/mol. The molecule has 6 heteroatoms. The molecule has 2 heterocycles. The Balaban J connectivity index is 1.62. The van der Waals surface area contributed by atoms with Crippen LogP contribution in [0.4, 0.5) is 0 Å². The van der Waals surface area contributed by atoms with Gasteiger partial charge >= 0.3 is 0 Å². The fourth-order valence-electron chi connectivity index (χ4n) is 4.27. The molecule has 2 aromatic rings. The summed E-state index contributed by atoms with van der Waals surface area (Å²) in [7, 11) is 1.63. The summed E-state index contributed by atoms with van der Waals surface area (Å²) in [6.45, 7) is 3.10. The average Bonchev–Trinajstić information content (AvgIpc) is 3.54. The van der Waals surface area contributed by atoms with E-state index in [1.165, 1.54) is 0 Å². The van der Waals surface area contributed by atoms with Gasteiger partial charge in [0, 0.05) is 37.9 Å². The molecule has 0 bridgehead atoms. The zero-order valence-electron chi connectivity index (χ0n) is 17.0. The Bertz CT molecular complexity index is 865. The van der Waals surface area contributed by atoms with Crippen molar-refractivity contribution in [2.75, 3.05) is 13.7 Å². The van der Waals surface area contributed by atoms with Gasteiger partial charge in [-0.2, -0.15) is 0 Å². The predicted octanol–water partition coefficient (Wildman–Crippen LogP) is 3.19. The van der Waals surface area contributed by atoms with E-state index in [4.69, 9.17) is 4.74 Å². The maximum Gasteiger partial charge on any atom is 0.229 e. The van der Waals surface area contributed by atoms with Crippen molar-refractivity contribution in [1.82, 2.24) is 14.8 Å². The highest BCUT2D eigenvalue weighted by molar-refractivity contribution is 5.90. The molecule has 29 heavy (non-hydrogen) atoms. The number of carbonyl (C=O) groups excluding carboxylic acids is 2. The van der Waals surface area contributed by atoms with Gasteiger partial charge in [0.2, 0.25) is 11.8 Å². The molecule has 0 spiro atoms. The van der Waals surface area contributed by atoms with Gasteiger partial charge in [-0.1, -0.05) is 18.2 Å². The molecule has 1 saturated carbocycles. The molecule has 2 atom stereocenters. The van der Waals surface area contributed by atoms with Gasteiger partial charge in [-0.15, -0.1) is 0 Å². The van der Waals surface area contributed by atoms with Crippen molar-refractivity contribution in [3.8, 4) is 5.75 Å². The van der Waals surface area contributed by atoms with Crippen LogP contribution in [0.25, 0.3) is 0 Å². The van der Waals surface area contributed by atoms with Crippen LogP contribution < -0.4 is 4.74 Å². The fraction of sp³-hybridized carbons (Fsp3) is 0.435. The zero-order chi connectivity index (χ0) is 20.4. The van der Waals surface area contributed by atoms with Crippen LogP contribution in [0.1, 0.15) is 43.4 Å². The van der Waals surface area contributed by atoms with E-state index in [1.807, 2.05) is 59.3 Å². The predicted molar refractivity (Wildman–Crippen MR) is 109 cm³/mol. The van der Waals surface area contributed by atoms with Crippen LogP contribution in [0, 0.1) is 5.92 Å². The molecular weight excluding hydrogens is 366 g/mol. The van der Waals surface area contributed by atoms with Gasteiger partial charge in [-0.05, 0) is 49.1 Å². The molecule has 2 amide bonds. The highest BCUT2D eigenvalue weighted by Crippen LogP contribution is 2.41. The SMILES string of the molecule is CCN1C(=O)C[C@@H](C(=O)N(Cc2cccnc2)C2CC2)[C@@H]1c1ccc(OC)cc1. The van der Waals surface area contributed by atoms with E-state index in [0.717, 1.165) is 29.7 Å². The number of rotatable bonds is 7. The van der Waals surface area contributed by atoms with Gasteiger partial charge in [-0.25, -0.2) is 0 Å². The number of likely N-dealkylation sites (tertiary alicyclic amines) is 1. The summed E-state index contributed by atoms with van der Waals surface area (Å²) in [5, 5.41) is 0. The number of aromatic nitrogens is 1. The second-order valence-electron chi connectivity index (χ2n) is 7.77. The molecule has 0 radical (unpaired) electrons. The first-order valence-electron chi connectivity index (χ1n) is 10.2. The van der Waals surface area contributed by atoms with Crippen molar-refractivity contribution in [2.24, 2.45) is 5.92 Å². The standard InChI is InChI=1S/C23H27N3O3/c1-3-25-21(27)13-20(22(25)17-6-10-19(29-2)11-7-17)23(28)26(18-8-9-18)15-16-5-4-12-24-14-16/h4-7,10-12,14,18,20,22H,3,8-9,13,15H2,1-2H3/t20-,22+/m1/s1. The van der Waals surface area contributed by atoms with Crippen molar-refractivity contribution >= 4 is 11.8 Å². The summed E-state index contributed by atoms with van der Waals surface area (Å²) in [4.78, 5) is 34.3. The Labute approximate surface area is 171 Å². The summed E-state index contributed by atoms with van der Waals surface area (Å²) < 4.78 is 5.26. The molecule has 2 fully saturated rings. The molecule has 4 rings (SSSR count). The Hall–Kier alpha value is -2.89. The molecule has 1 aliphatic heterocycles. The third-order valence-corrected chi connectivity index (χ3v) is 5.89. The van der Waals surface area contributed by atoms with Gasteiger partial charge in [0.05, 0.1) is 19.1 Å². The lowest BCUT2D eigenvalue weighted by Gasteiger charge is -2.31. The molecule has 1 saturated heterocycles. The molecule has 0 N–H and O–H groups in total. The number of hydrogen-bond acceptors (Lipinski definition) is 4.